The standard InChI is InChI=1S/C23H22N2O4S/c1-12(2)28-23(27)29-18-9-8-17-20(16-10-11-30-21(16)22(26)25-17)19(18)15-6-4-14(5-7-15)13(3)24/h4-13H,24H2,1-3H3,(H,25,26). The molecule has 0 aliphatic carbocycles. The molecule has 2 aromatic heterocycles. The number of thiophene rings is 1. The van der Waals surface area contributed by atoms with Crippen LogP contribution in [-0.2, 0) is 4.74 Å². The fourth-order valence-electron chi connectivity index (χ4n) is 3.46. The summed E-state index contributed by atoms with van der Waals surface area (Å²) in [6, 6.07) is 13.0. The van der Waals surface area contributed by atoms with Gasteiger partial charge in [0.15, 0.2) is 0 Å². The van der Waals surface area contributed by atoms with E-state index in [1.54, 1.807) is 26.0 Å². The lowest BCUT2D eigenvalue weighted by molar-refractivity contribution is 0.0731. The zero-order chi connectivity index (χ0) is 21.4. The van der Waals surface area contributed by atoms with Crippen LogP contribution in [-0.4, -0.2) is 17.2 Å². The van der Waals surface area contributed by atoms with Crippen molar-refractivity contribution >= 4 is 38.5 Å². The molecule has 6 nitrogen and oxygen atoms in total. The van der Waals surface area contributed by atoms with Crippen LogP contribution in [0.2, 0.25) is 0 Å². The third-order valence-electron chi connectivity index (χ3n) is 4.81. The largest absolute Gasteiger partial charge is 0.514 e. The van der Waals surface area contributed by atoms with Gasteiger partial charge in [0.05, 0.1) is 6.10 Å². The number of aromatic nitrogens is 1. The second-order valence-electron chi connectivity index (χ2n) is 7.41. The summed E-state index contributed by atoms with van der Waals surface area (Å²) in [6.07, 6.45) is -1.07. The number of nitrogens with one attached hydrogen (secondary N) is 1. The van der Waals surface area contributed by atoms with Crippen molar-refractivity contribution in [3.8, 4) is 16.9 Å². The number of carbonyl (C=O) groups excluding carboxylic acids is 1. The van der Waals surface area contributed by atoms with Crippen molar-refractivity contribution in [3.63, 3.8) is 0 Å². The molecule has 7 heteroatoms. The molecule has 0 saturated heterocycles. The third kappa shape index (κ3) is 3.69. The molecule has 1 unspecified atom stereocenters. The second-order valence-corrected chi connectivity index (χ2v) is 8.32. The highest BCUT2D eigenvalue weighted by molar-refractivity contribution is 7.17. The highest BCUT2D eigenvalue weighted by Crippen LogP contribution is 2.40. The van der Waals surface area contributed by atoms with E-state index in [0.717, 1.165) is 21.9 Å². The molecule has 0 amide bonds. The molecule has 154 valence electrons. The van der Waals surface area contributed by atoms with Crippen LogP contribution >= 0.6 is 11.3 Å². The fraction of sp³-hybridized carbons (Fsp3) is 0.217. The minimum absolute atomic E-state index is 0.0942. The summed E-state index contributed by atoms with van der Waals surface area (Å²) in [5.74, 6) is 0.362. The molecular formula is C23H22N2O4S. The van der Waals surface area contributed by atoms with Gasteiger partial charge in [-0.25, -0.2) is 4.79 Å². The van der Waals surface area contributed by atoms with Crippen LogP contribution in [0.5, 0.6) is 5.75 Å². The lowest BCUT2D eigenvalue weighted by Crippen LogP contribution is -2.16. The maximum atomic E-state index is 12.4. The van der Waals surface area contributed by atoms with E-state index in [9.17, 15) is 9.59 Å². The molecule has 0 radical (unpaired) electrons. The van der Waals surface area contributed by atoms with Crippen LogP contribution in [0.15, 0.2) is 52.6 Å². The number of H-pyrrole nitrogens is 1. The summed E-state index contributed by atoms with van der Waals surface area (Å²) in [7, 11) is 0. The van der Waals surface area contributed by atoms with Crippen LogP contribution < -0.4 is 16.0 Å². The molecule has 4 aromatic rings. The number of hydrogen-bond donors (Lipinski definition) is 2. The van der Waals surface area contributed by atoms with Gasteiger partial charge in [-0.1, -0.05) is 24.3 Å². The molecular weight excluding hydrogens is 400 g/mol. The maximum Gasteiger partial charge on any atom is 0.514 e. The molecule has 0 aliphatic heterocycles. The van der Waals surface area contributed by atoms with Crippen molar-refractivity contribution in [2.45, 2.75) is 32.9 Å². The van der Waals surface area contributed by atoms with E-state index in [-0.39, 0.29) is 17.7 Å². The number of benzene rings is 2. The van der Waals surface area contributed by atoms with E-state index in [2.05, 4.69) is 4.98 Å². The zero-order valence-electron chi connectivity index (χ0n) is 16.9. The van der Waals surface area contributed by atoms with Crippen LogP contribution in [0.1, 0.15) is 32.4 Å². The summed E-state index contributed by atoms with van der Waals surface area (Å²) in [4.78, 5) is 27.6. The highest BCUT2D eigenvalue weighted by atomic mass is 32.1. The summed E-state index contributed by atoms with van der Waals surface area (Å²) < 4.78 is 11.4. The van der Waals surface area contributed by atoms with E-state index in [1.165, 1.54) is 11.3 Å². The van der Waals surface area contributed by atoms with Gasteiger partial charge in [-0.2, -0.15) is 0 Å². The number of ether oxygens (including phenoxy) is 2. The number of fused-ring (bicyclic) bond motifs is 3. The lowest BCUT2D eigenvalue weighted by atomic mass is 9.96. The van der Waals surface area contributed by atoms with E-state index in [1.807, 2.05) is 42.6 Å². The van der Waals surface area contributed by atoms with Gasteiger partial charge in [-0.05, 0) is 55.5 Å². The zero-order valence-corrected chi connectivity index (χ0v) is 17.7. The van der Waals surface area contributed by atoms with Crippen molar-refractivity contribution in [3.05, 3.63) is 63.8 Å². The van der Waals surface area contributed by atoms with Crippen molar-refractivity contribution in [2.75, 3.05) is 0 Å². The maximum absolute atomic E-state index is 12.4. The Morgan fingerprint density at radius 3 is 2.47 bits per heavy atom. The molecule has 4 rings (SSSR count). The Balaban J connectivity index is 1.99. The van der Waals surface area contributed by atoms with Gasteiger partial charge in [0.25, 0.3) is 5.56 Å². The van der Waals surface area contributed by atoms with Crippen LogP contribution in [0.4, 0.5) is 4.79 Å². The normalized spacial score (nSPS) is 12.4. The Morgan fingerprint density at radius 1 is 1.07 bits per heavy atom. The van der Waals surface area contributed by atoms with Crippen molar-refractivity contribution in [2.24, 2.45) is 5.73 Å². The molecule has 0 fully saturated rings. The first-order valence-electron chi connectivity index (χ1n) is 9.65. The Kier molecular flexibility index (Phi) is 5.32. The topological polar surface area (TPSA) is 94.4 Å². The average molecular weight is 423 g/mol. The molecule has 2 aromatic carbocycles. The molecule has 2 heterocycles. The predicted octanol–water partition coefficient (Wildman–Crippen LogP) is 5.35. The molecule has 0 spiro atoms. The van der Waals surface area contributed by atoms with Gasteiger partial charge in [0.1, 0.15) is 10.4 Å². The first-order valence-corrected chi connectivity index (χ1v) is 10.5. The minimum atomic E-state index is -0.774. The van der Waals surface area contributed by atoms with Gasteiger partial charge in [-0.3, -0.25) is 4.79 Å². The Hall–Kier alpha value is -3.16. The fourth-order valence-corrected chi connectivity index (χ4v) is 4.26. The van der Waals surface area contributed by atoms with Gasteiger partial charge >= 0.3 is 6.16 Å². The van der Waals surface area contributed by atoms with Crippen molar-refractivity contribution in [1.29, 1.82) is 0 Å². The van der Waals surface area contributed by atoms with Gasteiger partial charge < -0.3 is 20.2 Å². The van der Waals surface area contributed by atoms with Gasteiger partial charge in [0, 0.05) is 27.9 Å². The number of pyridine rings is 1. The quantitative estimate of drug-likeness (QED) is 0.341. The van der Waals surface area contributed by atoms with Crippen molar-refractivity contribution in [1.82, 2.24) is 4.98 Å². The molecule has 30 heavy (non-hydrogen) atoms. The van der Waals surface area contributed by atoms with Crippen LogP contribution in [0.25, 0.3) is 32.1 Å². The summed E-state index contributed by atoms with van der Waals surface area (Å²) >= 11 is 1.37. The summed E-state index contributed by atoms with van der Waals surface area (Å²) in [5, 5.41) is 3.50. The molecule has 3 N–H and O–H groups in total. The summed E-state index contributed by atoms with van der Waals surface area (Å²) in [6.45, 7) is 5.44. The SMILES string of the molecule is CC(C)OC(=O)Oc1ccc2[nH]c(=O)c3sccc3c2c1-c1ccc(C(C)N)cc1. The smallest absolute Gasteiger partial charge is 0.431 e. The monoisotopic (exact) mass is 422 g/mol. The van der Waals surface area contributed by atoms with E-state index in [0.29, 0.717) is 21.5 Å². The van der Waals surface area contributed by atoms with E-state index in [4.69, 9.17) is 15.2 Å². The minimum Gasteiger partial charge on any atom is -0.431 e. The summed E-state index contributed by atoms with van der Waals surface area (Å²) in [5.41, 5.74) is 9.07. The third-order valence-corrected chi connectivity index (χ3v) is 5.72. The number of nitrogens with two attached hydrogens (primary N) is 1. The van der Waals surface area contributed by atoms with E-state index < -0.39 is 6.16 Å². The molecule has 0 bridgehead atoms. The predicted molar refractivity (Wildman–Crippen MR) is 120 cm³/mol. The van der Waals surface area contributed by atoms with E-state index >= 15 is 0 Å². The van der Waals surface area contributed by atoms with Crippen molar-refractivity contribution < 1.29 is 14.3 Å². The lowest BCUT2D eigenvalue weighted by Gasteiger charge is -2.16. The first kappa shape index (κ1) is 20.1. The Morgan fingerprint density at radius 2 is 1.80 bits per heavy atom. The van der Waals surface area contributed by atoms with Gasteiger partial charge in [0.2, 0.25) is 0 Å². The number of aromatic amines is 1. The highest BCUT2D eigenvalue weighted by Gasteiger charge is 2.19. The number of hydrogen-bond acceptors (Lipinski definition) is 6. The number of rotatable bonds is 4. The van der Waals surface area contributed by atoms with Gasteiger partial charge in [-0.15, -0.1) is 11.3 Å². The van der Waals surface area contributed by atoms with Crippen LogP contribution in [0.3, 0.4) is 0 Å². The second kappa shape index (κ2) is 7.93. The first-order chi connectivity index (χ1) is 14.3. The Labute approximate surface area is 177 Å². The number of carbonyl (C=O) groups is 1. The molecule has 1 atom stereocenters. The average Bonchev–Trinajstić information content (AvgIpc) is 3.18. The Bertz CT molecular complexity index is 1290. The molecule has 0 aliphatic rings. The molecule has 0 saturated carbocycles. The van der Waals surface area contributed by atoms with Crippen LogP contribution in [0, 0.1) is 0 Å².